The fourth-order valence-electron chi connectivity index (χ4n) is 3.01. The van der Waals surface area contributed by atoms with Crippen molar-refractivity contribution < 1.29 is 9.47 Å². The van der Waals surface area contributed by atoms with E-state index in [9.17, 15) is 0 Å². The summed E-state index contributed by atoms with van der Waals surface area (Å²) < 4.78 is 13.5. The number of nitrogens with one attached hydrogen (secondary N) is 1. The molecule has 2 aromatic heterocycles. The number of rotatable bonds is 5. The quantitative estimate of drug-likeness (QED) is 0.462. The second-order valence-electron chi connectivity index (χ2n) is 6.31. The van der Waals surface area contributed by atoms with Gasteiger partial charge in [-0.1, -0.05) is 29.8 Å². The summed E-state index contributed by atoms with van der Waals surface area (Å²) in [5.74, 6) is 2.17. The van der Waals surface area contributed by atoms with Crippen LogP contribution in [0.3, 0.4) is 0 Å². The molecule has 1 N–H and O–H groups in total. The van der Waals surface area contributed by atoms with Crippen LogP contribution in [0, 0.1) is 6.92 Å². The molecule has 2 heterocycles. The molecule has 0 aliphatic rings. The summed E-state index contributed by atoms with van der Waals surface area (Å²) in [4.78, 5) is 9.08. The van der Waals surface area contributed by atoms with Gasteiger partial charge in [0.05, 0.1) is 20.4 Å². The topological polar surface area (TPSA) is 60.7 Å². The average molecular weight is 439 g/mol. The highest BCUT2D eigenvalue weighted by molar-refractivity contribution is 9.10. The van der Waals surface area contributed by atoms with E-state index in [1.165, 1.54) is 5.56 Å². The van der Waals surface area contributed by atoms with Gasteiger partial charge < -0.3 is 14.8 Å². The summed E-state index contributed by atoms with van der Waals surface area (Å²) in [5, 5.41) is 3.48. The van der Waals surface area contributed by atoms with Crippen LogP contribution in [0.1, 0.15) is 5.56 Å². The molecule has 4 rings (SSSR count). The standard InChI is InChI=1S/C21H19BrN4O2/c1-13-4-6-14(7-5-13)20-21(26-12-18(22)23-11-19(26)25-20)24-15-8-9-16(27-2)17(10-15)28-3/h4-12,24H,1-3H3. The predicted octanol–water partition coefficient (Wildman–Crippen LogP) is 5.23. The second-order valence-corrected chi connectivity index (χ2v) is 7.12. The Balaban J connectivity index is 1.86. The number of hydrogen-bond acceptors (Lipinski definition) is 5. The van der Waals surface area contributed by atoms with Gasteiger partial charge in [0.15, 0.2) is 17.1 Å². The van der Waals surface area contributed by atoms with Gasteiger partial charge in [-0.2, -0.15) is 0 Å². The SMILES string of the molecule is COc1ccc(Nc2c(-c3ccc(C)cc3)nc3cnc(Br)cn23)cc1OC. The largest absolute Gasteiger partial charge is 0.493 e. The van der Waals surface area contributed by atoms with Gasteiger partial charge in [0.25, 0.3) is 0 Å². The van der Waals surface area contributed by atoms with Gasteiger partial charge in [-0.05, 0) is 35.0 Å². The smallest absolute Gasteiger partial charge is 0.162 e. The number of aryl methyl sites for hydroxylation is 1. The molecule has 142 valence electrons. The van der Waals surface area contributed by atoms with Gasteiger partial charge in [-0.3, -0.25) is 4.40 Å². The van der Waals surface area contributed by atoms with Crippen LogP contribution >= 0.6 is 15.9 Å². The molecule has 6 nitrogen and oxygen atoms in total. The van der Waals surface area contributed by atoms with E-state index in [4.69, 9.17) is 14.5 Å². The van der Waals surface area contributed by atoms with Gasteiger partial charge in [0.2, 0.25) is 0 Å². The molecule has 0 unspecified atom stereocenters. The third-order valence-corrected chi connectivity index (χ3v) is 4.86. The summed E-state index contributed by atoms with van der Waals surface area (Å²) in [6, 6.07) is 14.0. The lowest BCUT2D eigenvalue weighted by atomic mass is 10.1. The number of halogens is 1. The molecule has 0 fully saturated rings. The predicted molar refractivity (Wildman–Crippen MR) is 114 cm³/mol. The molecule has 0 aliphatic carbocycles. The molecule has 0 saturated heterocycles. The van der Waals surface area contributed by atoms with E-state index in [-0.39, 0.29) is 0 Å². The fraction of sp³-hybridized carbons (Fsp3) is 0.143. The Bertz CT molecular complexity index is 1140. The van der Waals surface area contributed by atoms with Crippen molar-refractivity contribution in [2.24, 2.45) is 0 Å². The first-order chi connectivity index (χ1) is 13.6. The number of fused-ring (bicyclic) bond motifs is 1. The van der Waals surface area contributed by atoms with Crippen molar-refractivity contribution >= 4 is 33.1 Å². The van der Waals surface area contributed by atoms with Gasteiger partial charge in [0.1, 0.15) is 16.1 Å². The van der Waals surface area contributed by atoms with E-state index in [1.807, 2.05) is 28.8 Å². The third-order valence-electron chi connectivity index (χ3n) is 4.45. The third kappa shape index (κ3) is 3.41. The van der Waals surface area contributed by atoms with Crippen LogP contribution in [-0.4, -0.2) is 28.6 Å². The molecule has 0 bridgehead atoms. The zero-order valence-corrected chi connectivity index (χ0v) is 17.3. The maximum atomic E-state index is 5.43. The summed E-state index contributed by atoms with van der Waals surface area (Å²) in [7, 11) is 3.24. The van der Waals surface area contributed by atoms with Crippen molar-refractivity contribution in [3.63, 3.8) is 0 Å². The molecule has 0 atom stereocenters. The highest BCUT2D eigenvalue weighted by atomic mass is 79.9. The summed E-state index contributed by atoms with van der Waals surface area (Å²) >= 11 is 3.44. The minimum Gasteiger partial charge on any atom is -0.493 e. The van der Waals surface area contributed by atoms with Crippen molar-refractivity contribution in [3.05, 3.63) is 65.0 Å². The van der Waals surface area contributed by atoms with Crippen LogP contribution in [0.2, 0.25) is 0 Å². The zero-order chi connectivity index (χ0) is 19.7. The number of nitrogens with zero attached hydrogens (tertiary/aromatic N) is 3. The second kappa shape index (κ2) is 7.52. The lowest BCUT2D eigenvalue weighted by Gasteiger charge is -2.12. The van der Waals surface area contributed by atoms with Crippen molar-refractivity contribution in [3.8, 4) is 22.8 Å². The van der Waals surface area contributed by atoms with E-state index < -0.39 is 0 Å². The van der Waals surface area contributed by atoms with E-state index in [2.05, 4.69) is 57.4 Å². The number of imidazole rings is 1. The van der Waals surface area contributed by atoms with Crippen molar-refractivity contribution in [2.75, 3.05) is 19.5 Å². The van der Waals surface area contributed by atoms with Gasteiger partial charge >= 0.3 is 0 Å². The lowest BCUT2D eigenvalue weighted by Crippen LogP contribution is -1.99. The normalized spacial score (nSPS) is 10.9. The van der Waals surface area contributed by atoms with Crippen LogP contribution in [0.25, 0.3) is 16.9 Å². The van der Waals surface area contributed by atoms with E-state index in [1.54, 1.807) is 20.4 Å². The van der Waals surface area contributed by atoms with E-state index >= 15 is 0 Å². The fourth-order valence-corrected chi connectivity index (χ4v) is 3.32. The molecule has 2 aromatic carbocycles. The summed E-state index contributed by atoms with van der Waals surface area (Å²) in [6.45, 7) is 2.07. The highest BCUT2D eigenvalue weighted by Gasteiger charge is 2.16. The summed E-state index contributed by atoms with van der Waals surface area (Å²) in [6.07, 6.45) is 3.63. The van der Waals surface area contributed by atoms with E-state index in [0.29, 0.717) is 11.5 Å². The van der Waals surface area contributed by atoms with Crippen LogP contribution in [0.15, 0.2) is 59.5 Å². The molecule has 4 aromatic rings. The molecule has 0 saturated carbocycles. The molecular weight excluding hydrogens is 420 g/mol. The molecule has 0 aliphatic heterocycles. The van der Waals surface area contributed by atoms with Gasteiger partial charge in [0, 0.05) is 23.5 Å². The number of methoxy groups -OCH3 is 2. The van der Waals surface area contributed by atoms with Crippen molar-refractivity contribution in [1.29, 1.82) is 0 Å². The Hall–Kier alpha value is -3.06. The maximum Gasteiger partial charge on any atom is 0.162 e. The van der Waals surface area contributed by atoms with Crippen molar-refractivity contribution in [1.82, 2.24) is 14.4 Å². The Morgan fingerprint density at radius 1 is 1.00 bits per heavy atom. The molecular formula is C21H19BrN4O2. The molecule has 28 heavy (non-hydrogen) atoms. The molecule has 7 heteroatoms. The average Bonchev–Trinajstić information content (AvgIpc) is 3.06. The van der Waals surface area contributed by atoms with Crippen LogP contribution in [0.4, 0.5) is 11.5 Å². The number of ether oxygens (including phenoxy) is 2. The Labute approximate surface area is 171 Å². The lowest BCUT2D eigenvalue weighted by molar-refractivity contribution is 0.355. The molecule has 0 spiro atoms. The van der Waals surface area contributed by atoms with Crippen LogP contribution in [-0.2, 0) is 0 Å². The number of aromatic nitrogens is 3. The molecule has 0 amide bonds. The Kier molecular flexibility index (Phi) is 4.92. The first-order valence-corrected chi connectivity index (χ1v) is 9.48. The first kappa shape index (κ1) is 18.3. The highest BCUT2D eigenvalue weighted by Crippen LogP contribution is 2.35. The Morgan fingerprint density at radius 2 is 1.75 bits per heavy atom. The number of anilines is 2. The van der Waals surface area contributed by atoms with E-state index in [0.717, 1.165) is 33.0 Å². The number of benzene rings is 2. The zero-order valence-electron chi connectivity index (χ0n) is 15.7. The Morgan fingerprint density at radius 3 is 2.46 bits per heavy atom. The first-order valence-electron chi connectivity index (χ1n) is 8.68. The van der Waals surface area contributed by atoms with Crippen molar-refractivity contribution in [2.45, 2.75) is 6.92 Å². The van der Waals surface area contributed by atoms with Crippen LogP contribution < -0.4 is 14.8 Å². The molecule has 0 radical (unpaired) electrons. The summed E-state index contributed by atoms with van der Waals surface area (Å²) in [5.41, 5.74) is 4.68. The number of hydrogen-bond donors (Lipinski definition) is 1. The van der Waals surface area contributed by atoms with Gasteiger partial charge in [-0.15, -0.1) is 0 Å². The monoisotopic (exact) mass is 438 g/mol. The van der Waals surface area contributed by atoms with Crippen LogP contribution in [0.5, 0.6) is 11.5 Å². The minimum absolute atomic E-state index is 0.654. The van der Waals surface area contributed by atoms with Gasteiger partial charge in [-0.25, -0.2) is 9.97 Å². The maximum absolute atomic E-state index is 5.43. The minimum atomic E-state index is 0.654.